The Bertz CT molecular complexity index is 1020. The zero-order valence-corrected chi connectivity index (χ0v) is 15.8. The molecule has 150 valence electrons. The van der Waals surface area contributed by atoms with E-state index in [-0.39, 0.29) is 17.7 Å². The highest BCUT2D eigenvalue weighted by molar-refractivity contribution is 5.94. The minimum Gasteiger partial charge on any atom is -0.435 e. The molecule has 1 aliphatic rings. The van der Waals surface area contributed by atoms with Gasteiger partial charge in [0.1, 0.15) is 12.1 Å². The van der Waals surface area contributed by atoms with E-state index in [2.05, 4.69) is 20.1 Å². The van der Waals surface area contributed by atoms with Crippen LogP contribution in [0.25, 0.3) is 11.4 Å². The number of ether oxygens (including phenoxy) is 1. The summed E-state index contributed by atoms with van der Waals surface area (Å²) in [6.45, 7) is -2.85. The van der Waals surface area contributed by atoms with Gasteiger partial charge in [0.05, 0.1) is 6.04 Å². The van der Waals surface area contributed by atoms with E-state index in [1.807, 2.05) is 12.1 Å². The number of nitrogens with one attached hydrogen (secondary N) is 1. The molecule has 0 bridgehead atoms. The summed E-state index contributed by atoms with van der Waals surface area (Å²) in [5, 5.41) is 7.30. The molecule has 1 atom stereocenters. The zero-order valence-electron chi connectivity index (χ0n) is 15.8. The van der Waals surface area contributed by atoms with Crippen molar-refractivity contribution >= 4 is 5.91 Å². The molecular weight excluding hydrogens is 378 g/mol. The first-order valence-electron chi connectivity index (χ1n) is 9.34. The molecule has 4 rings (SSSR count). The topological polar surface area (TPSA) is 69.0 Å². The third kappa shape index (κ3) is 4.26. The first-order valence-corrected chi connectivity index (χ1v) is 9.34. The average molecular weight is 398 g/mol. The lowest BCUT2D eigenvalue weighted by Crippen LogP contribution is -2.31. The van der Waals surface area contributed by atoms with Gasteiger partial charge < -0.3 is 10.1 Å². The van der Waals surface area contributed by atoms with Crippen LogP contribution < -0.4 is 10.1 Å². The van der Waals surface area contributed by atoms with Gasteiger partial charge in [-0.3, -0.25) is 9.48 Å². The predicted molar refractivity (Wildman–Crippen MR) is 103 cm³/mol. The molecule has 1 aromatic heterocycles. The van der Waals surface area contributed by atoms with Crippen LogP contribution in [0.15, 0.2) is 48.8 Å². The van der Waals surface area contributed by atoms with Crippen molar-refractivity contribution in [2.45, 2.75) is 31.9 Å². The van der Waals surface area contributed by atoms with Crippen LogP contribution in [0.3, 0.4) is 0 Å². The number of rotatable bonds is 5. The van der Waals surface area contributed by atoms with Crippen molar-refractivity contribution in [3.8, 4) is 17.1 Å². The standard InChI is InChI=1S/C21H20F2N4O2/c1-27-12-24-19(26-27)13-5-7-14(8-6-13)20(28)25-18-4-2-3-15-11-16(29-21(22)23)9-10-17(15)18/h5-12,18,21H,2-4H2,1H3,(H,25,28)/t18-/m0/s1. The van der Waals surface area contributed by atoms with E-state index >= 15 is 0 Å². The Morgan fingerprint density at radius 3 is 2.72 bits per heavy atom. The fourth-order valence-corrected chi connectivity index (χ4v) is 3.60. The zero-order chi connectivity index (χ0) is 20.4. The Morgan fingerprint density at radius 2 is 2.03 bits per heavy atom. The number of aromatic nitrogens is 3. The second-order valence-corrected chi connectivity index (χ2v) is 6.98. The summed E-state index contributed by atoms with van der Waals surface area (Å²) in [7, 11) is 1.79. The lowest BCUT2D eigenvalue weighted by atomic mass is 9.87. The van der Waals surface area contributed by atoms with Crippen molar-refractivity contribution < 1.29 is 18.3 Å². The Morgan fingerprint density at radius 1 is 1.24 bits per heavy atom. The van der Waals surface area contributed by atoms with E-state index in [1.165, 1.54) is 6.07 Å². The second kappa shape index (κ2) is 7.98. The van der Waals surface area contributed by atoms with Gasteiger partial charge in [-0.05, 0) is 54.7 Å². The van der Waals surface area contributed by atoms with Gasteiger partial charge >= 0.3 is 6.61 Å². The summed E-state index contributed by atoms with van der Waals surface area (Å²) in [5.74, 6) is 0.559. The van der Waals surface area contributed by atoms with Crippen molar-refractivity contribution in [3.63, 3.8) is 0 Å². The number of halogens is 2. The third-order valence-electron chi connectivity index (χ3n) is 4.96. The predicted octanol–water partition coefficient (Wildman–Crippen LogP) is 3.89. The first-order chi connectivity index (χ1) is 14.0. The van der Waals surface area contributed by atoms with Crippen molar-refractivity contribution in [1.29, 1.82) is 0 Å². The minimum absolute atomic E-state index is 0.143. The average Bonchev–Trinajstić information content (AvgIpc) is 3.14. The summed E-state index contributed by atoms with van der Waals surface area (Å²) in [4.78, 5) is 16.9. The van der Waals surface area contributed by atoms with Crippen molar-refractivity contribution in [1.82, 2.24) is 20.1 Å². The molecule has 0 aliphatic heterocycles. The maximum atomic E-state index is 12.7. The molecule has 0 fully saturated rings. The summed E-state index contributed by atoms with van der Waals surface area (Å²) in [6.07, 6.45) is 4.05. The van der Waals surface area contributed by atoms with E-state index in [1.54, 1.807) is 42.3 Å². The van der Waals surface area contributed by atoms with Gasteiger partial charge in [-0.1, -0.05) is 18.2 Å². The molecule has 3 aromatic rings. The second-order valence-electron chi connectivity index (χ2n) is 6.98. The molecule has 2 aromatic carbocycles. The highest BCUT2D eigenvalue weighted by Gasteiger charge is 2.23. The monoisotopic (exact) mass is 398 g/mol. The number of nitrogens with zero attached hydrogens (tertiary/aromatic N) is 3. The number of carbonyl (C=O) groups is 1. The number of hydrogen-bond donors (Lipinski definition) is 1. The van der Waals surface area contributed by atoms with Gasteiger partial charge in [0.25, 0.3) is 5.91 Å². The Balaban J connectivity index is 1.48. The lowest BCUT2D eigenvalue weighted by molar-refractivity contribution is -0.0499. The van der Waals surface area contributed by atoms with Crippen LogP contribution in [0.1, 0.15) is 40.4 Å². The molecule has 0 radical (unpaired) electrons. The van der Waals surface area contributed by atoms with Gasteiger partial charge in [-0.15, -0.1) is 0 Å². The molecular formula is C21H20F2N4O2. The molecule has 8 heteroatoms. The number of benzene rings is 2. The van der Waals surface area contributed by atoms with E-state index in [9.17, 15) is 13.6 Å². The Kier molecular flexibility index (Phi) is 5.24. The molecule has 1 N–H and O–H groups in total. The summed E-state index contributed by atoms with van der Waals surface area (Å²) < 4.78 is 31.0. The number of amides is 1. The van der Waals surface area contributed by atoms with Crippen LogP contribution in [0.4, 0.5) is 8.78 Å². The maximum absolute atomic E-state index is 12.7. The number of alkyl halides is 2. The van der Waals surface area contributed by atoms with Crippen LogP contribution in [0, 0.1) is 0 Å². The van der Waals surface area contributed by atoms with Gasteiger partial charge in [0.15, 0.2) is 5.82 Å². The van der Waals surface area contributed by atoms with Crippen molar-refractivity contribution in [2.24, 2.45) is 7.05 Å². The van der Waals surface area contributed by atoms with Crippen LogP contribution in [-0.4, -0.2) is 27.3 Å². The molecule has 0 saturated heterocycles. The van der Waals surface area contributed by atoms with Crippen LogP contribution in [-0.2, 0) is 13.5 Å². The SMILES string of the molecule is Cn1cnc(-c2ccc(C(=O)N[C@H]3CCCc4cc(OC(F)F)ccc43)cc2)n1. The Hall–Kier alpha value is -3.29. The highest BCUT2D eigenvalue weighted by atomic mass is 19.3. The molecule has 29 heavy (non-hydrogen) atoms. The lowest BCUT2D eigenvalue weighted by Gasteiger charge is -2.27. The number of carbonyl (C=O) groups excluding carboxylic acids is 1. The van der Waals surface area contributed by atoms with E-state index in [0.29, 0.717) is 11.4 Å². The fraction of sp³-hybridized carbons (Fsp3) is 0.286. The van der Waals surface area contributed by atoms with E-state index in [4.69, 9.17) is 0 Å². The van der Waals surface area contributed by atoms with Gasteiger partial charge in [0, 0.05) is 18.2 Å². The van der Waals surface area contributed by atoms with Crippen LogP contribution in [0.5, 0.6) is 5.75 Å². The summed E-state index contributed by atoms with van der Waals surface area (Å²) in [6, 6.07) is 11.9. The largest absolute Gasteiger partial charge is 0.435 e. The molecule has 0 unspecified atom stereocenters. The fourth-order valence-electron chi connectivity index (χ4n) is 3.60. The van der Waals surface area contributed by atoms with Gasteiger partial charge in [0.2, 0.25) is 0 Å². The van der Waals surface area contributed by atoms with Gasteiger partial charge in [-0.25, -0.2) is 4.98 Å². The van der Waals surface area contributed by atoms with Gasteiger partial charge in [-0.2, -0.15) is 13.9 Å². The van der Waals surface area contributed by atoms with Crippen molar-refractivity contribution in [2.75, 3.05) is 0 Å². The number of fused-ring (bicyclic) bond motifs is 1. The summed E-state index contributed by atoms with van der Waals surface area (Å²) in [5.41, 5.74) is 3.24. The molecule has 0 spiro atoms. The van der Waals surface area contributed by atoms with Crippen molar-refractivity contribution in [3.05, 3.63) is 65.5 Å². The third-order valence-corrected chi connectivity index (χ3v) is 4.96. The quantitative estimate of drug-likeness (QED) is 0.708. The van der Waals surface area contributed by atoms with E-state index < -0.39 is 6.61 Å². The molecule has 1 amide bonds. The molecule has 1 heterocycles. The van der Waals surface area contributed by atoms with E-state index in [0.717, 1.165) is 36.0 Å². The minimum atomic E-state index is -2.85. The number of hydrogen-bond acceptors (Lipinski definition) is 4. The smallest absolute Gasteiger partial charge is 0.387 e. The highest BCUT2D eigenvalue weighted by Crippen LogP contribution is 2.33. The molecule has 0 saturated carbocycles. The first kappa shape index (κ1) is 19.0. The van der Waals surface area contributed by atoms with Crippen LogP contribution >= 0.6 is 0 Å². The molecule has 1 aliphatic carbocycles. The Labute approximate surface area is 166 Å². The number of aryl methyl sites for hydroxylation is 2. The van der Waals surface area contributed by atoms with Crippen LogP contribution in [0.2, 0.25) is 0 Å². The molecule has 6 nitrogen and oxygen atoms in total. The summed E-state index contributed by atoms with van der Waals surface area (Å²) >= 11 is 0. The normalized spacial score (nSPS) is 15.8. The maximum Gasteiger partial charge on any atom is 0.387 e.